The van der Waals surface area contributed by atoms with Crippen LogP contribution in [0.1, 0.15) is 5.56 Å². The summed E-state index contributed by atoms with van der Waals surface area (Å²) in [5.41, 5.74) is 0.812. The third-order valence-corrected chi connectivity index (χ3v) is 2.76. The van der Waals surface area contributed by atoms with E-state index in [1.807, 2.05) is 18.2 Å². The van der Waals surface area contributed by atoms with Gasteiger partial charge in [0.2, 0.25) is 10.0 Å². The molecule has 0 bridgehead atoms. The molecule has 1 aromatic carbocycles. The fraction of sp³-hybridized carbons (Fsp3) is 0.200. The third-order valence-electron chi connectivity index (χ3n) is 1.65. The Morgan fingerprint density at radius 2 is 1.93 bits per heavy atom. The van der Waals surface area contributed by atoms with E-state index >= 15 is 0 Å². The van der Waals surface area contributed by atoms with Crippen molar-refractivity contribution in [2.75, 3.05) is 13.2 Å². The maximum Gasteiger partial charge on any atom is 0.233 e. The molecule has 4 nitrogen and oxygen atoms in total. The highest BCUT2D eigenvalue weighted by atomic mass is 32.2. The quantitative estimate of drug-likeness (QED) is 0.772. The molecule has 0 radical (unpaired) electrons. The van der Waals surface area contributed by atoms with E-state index in [9.17, 15) is 8.42 Å². The number of rotatable bonds is 5. The van der Waals surface area contributed by atoms with Crippen molar-refractivity contribution in [1.29, 1.82) is 0 Å². The van der Waals surface area contributed by atoms with Crippen molar-refractivity contribution in [3.05, 3.63) is 41.3 Å². The van der Waals surface area contributed by atoms with Gasteiger partial charge < -0.3 is 5.11 Å². The monoisotopic (exact) mass is 227 g/mol. The lowest BCUT2D eigenvalue weighted by Crippen LogP contribution is -2.24. The minimum atomic E-state index is -3.43. The van der Waals surface area contributed by atoms with Crippen molar-refractivity contribution in [3.8, 4) is 0 Å². The molecule has 2 N–H and O–H groups in total. The van der Waals surface area contributed by atoms with Gasteiger partial charge in [-0.05, 0) is 11.6 Å². The second-order valence-electron chi connectivity index (χ2n) is 2.88. The average molecular weight is 227 g/mol. The summed E-state index contributed by atoms with van der Waals surface area (Å²) in [7, 11) is -3.43. The molecule has 0 amide bonds. The molecule has 1 rings (SSSR count). The number of hydrogen-bond acceptors (Lipinski definition) is 3. The van der Waals surface area contributed by atoms with Crippen molar-refractivity contribution in [3.63, 3.8) is 0 Å². The number of hydrogen-bond donors (Lipinski definition) is 2. The van der Waals surface area contributed by atoms with Crippen LogP contribution in [0, 0.1) is 0 Å². The van der Waals surface area contributed by atoms with Crippen LogP contribution in [0.15, 0.2) is 35.7 Å². The van der Waals surface area contributed by atoms with Gasteiger partial charge in [-0.1, -0.05) is 30.3 Å². The smallest absolute Gasteiger partial charge is 0.233 e. The Balaban J connectivity index is 2.65. The van der Waals surface area contributed by atoms with Crippen LogP contribution in [0.2, 0.25) is 0 Å². The molecule has 0 fully saturated rings. The maximum absolute atomic E-state index is 11.3. The number of nitrogens with one attached hydrogen (secondary N) is 1. The van der Waals surface area contributed by atoms with E-state index in [0.717, 1.165) is 11.0 Å². The average Bonchev–Trinajstić information content (AvgIpc) is 2.25. The van der Waals surface area contributed by atoms with Crippen LogP contribution >= 0.6 is 0 Å². The Labute approximate surface area is 89.3 Å². The van der Waals surface area contributed by atoms with E-state index < -0.39 is 10.0 Å². The summed E-state index contributed by atoms with van der Waals surface area (Å²) in [6.45, 7) is -0.181. The summed E-state index contributed by atoms with van der Waals surface area (Å²) in [6.07, 6.45) is 1.50. The molecule has 5 heteroatoms. The summed E-state index contributed by atoms with van der Waals surface area (Å²) in [5, 5.41) is 9.55. The molecule has 0 spiro atoms. The molecule has 0 aliphatic heterocycles. The van der Waals surface area contributed by atoms with E-state index in [-0.39, 0.29) is 13.2 Å². The van der Waals surface area contributed by atoms with Gasteiger partial charge in [0.25, 0.3) is 0 Å². The number of aliphatic hydroxyl groups excluding tert-OH is 1. The van der Waals surface area contributed by atoms with Crippen LogP contribution in [-0.2, 0) is 10.0 Å². The Kier molecular flexibility index (Phi) is 4.48. The fourth-order valence-corrected chi connectivity index (χ4v) is 1.78. The van der Waals surface area contributed by atoms with Gasteiger partial charge in [0.05, 0.1) is 6.61 Å². The van der Waals surface area contributed by atoms with E-state index in [0.29, 0.717) is 0 Å². The lowest BCUT2D eigenvalue weighted by atomic mass is 10.2. The summed E-state index contributed by atoms with van der Waals surface area (Å²) in [4.78, 5) is 0. The molecular weight excluding hydrogens is 214 g/mol. The predicted octanol–water partition coefficient (Wildman–Crippen LogP) is 0.569. The lowest BCUT2D eigenvalue weighted by Gasteiger charge is -1.98. The first-order valence-corrected chi connectivity index (χ1v) is 6.02. The zero-order valence-corrected chi connectivity index (χ0v) is 8.94. The fourth-order valence-electron chi connectivity index (χ4n) is 0.968. The van der Waals surface area contributed by atoms with Crippen molar-refractivity contribution >= 4 is 16.1 Å². The normalized spacial score (nSPS) is 12.1. The van der Waals surface area contributed by atoms with E-state index in [2.05, 4.69) is 4.72 Å². The Morgan fingerprint density at radius 3 is 2.53 bits per heavy atom. The molecule has 0 unspecified atom stereocenters. The van der Waals surface area contributed by atoms with Crippen LogP contribution in [0.5, 0.6) is 0 Å². The van der Waals surface area contributed by atoms with Gasteiger partial charge in [0, 0.05) is 12.0 Å². The largest absolute Gasteiger partial charge is 0.395 e. The molecule has 1 aromatic rings. The zero-order chi connectivity index (χ0) is 11.1. The van der Waals surface area contributed by atoms with Gasteiger partial charge in [-0.25, -0.2) is 13.1 Å². The van der Waals surface area contributed by atoms with Crippen LogP contribution in [-0.4, -0.2) is 26.7 Å². The van der Waals surface area contributed by atoms with Gasteiger partial charge in [-0.15, -0.1) is 0 Å². The SMILES string of the molecule is O=S(=O)(/C=C/c1ccccc1)NCCO. The zero-order valence-electron chi connectivity index (χ0n) is 8.13. The molecule has 0 heterocycles. The summed E-state index contributed by atoms with van der Waals surface area (Å²) < 4.78 is 24.7. The van der Waals surface area contributed by atoms with E-state index in [4.69, 9.17) is 5.11 Å². The first-order valence-electron chi connectivity index (χ1n) is 4.48. The van der Waals surface area contributed by atoms with Crippen molar-refractivity contribution in [1.82, 2.24) is 4.72 Å². The minimum Gasteiger partial charge on any atom is -0.395 e. The van der Waals surface area contributed by atoms with Gasteiger partial charge in [-0.3, -0.25) is 0 Å². The van der Waals surface area contributed by atoms with Crippen LogP contribution in [0.3, 0.4) is 0 Å². The van der Waals surface area contributed by atoms with E-state index in [1.54, 1.807) is 12.1 Å². The summed E-state index contributed by atoms with van der Waals surface area (Å²) in [5.74, 6) is 0. The number of sulfonamides is 1. The molecule has 82 valence electrons. The predicted molar refractivity (Wildman–Crippen MR) is 59.5 cm³/mol. The van der Waals surface area contributed by atoms with Gasteiger partial charge in [0.15, 0.2) is 0 Å². The van der Waals surface area contributed by atoms with Crippen LogP contribution in [0.4, 0.5) is 0 Å². The van der Waals surface area contributed by atoms with Crippen LogP contribution in [0.25, 0.3) is 6.08 Å². The highest BCUT2D eigenvalue weighted by Gasteiger charge is 2.02. The highest BCUT2D eigenvalue weighted by molar-refractivity contribution is 7.92. The number of aliphatic hydroxyl groups is 1. The van der Waals surface area contributed by atoms with Gasteiger partial charge in [0.1, 0.15) is 0 Å². The Hall–Kier alpha value is -1.17. The van der Waals surface area contributed by atoms with Gasteiger partial charge in [-0.2, -0.15) is 0 Å². The summed E-state index contributed by atoms with van der Waals surface area (Å²) in [6, 6.07) is 9.12. The minimum absolute atomic E-state index is 0.0292. The van der Waals surface area contributed by atoms with Crippen molar-refractivity contribution < 1.29 is 13.5 Å². The number of benzene rings is 1. The first-order chi connectivity index (χ1) is 7.14. The topological polar surface area (TPSA) is 66.4 Å². The molecule has 0 saturated heterocycles. The highest BCUT2D eigenvalue weighted by Crippen LogP contribution is 2.02. The standard InChI is InChI=1S/C10H13NO3S/c12-8-7-11-15(13,14)9-6-10-4-2-1-3-5-10/h1-6,9,11-12H,7-8H2/b9-6+. The molecule has 0 aliphatic rings. The second kappa shape index (κ2) is 5.65. The lowest BCUT2D eigenvalue weighted by molar-refractivity contribution is 0.301. The van der Waals surface area contributed by atoms with Crippen molar-refractivity contribution in [2.45, 2.75) is 0 Å². The van der Waals surface area contributed by atoms with Gasteiger partial charge >= 0.3 is 0 Å². The summed E-state index contributed by atoms with van der Waals surface area (Å²) >= 11 is 0. The Bertz CT molecular complexity index is 412. The molecule has 0 aliphatic carbocycles. The molecular formula is C10H13NO3S. The molecule has 0 atom stereocenters. The second-order valence-corrected chi connectivity index (χ2v) is 4.53. The maximum atomic E-state index is 11.3. The van der Waals surface area contributed by atoms with Crippen LogP contribution < -0.4 is 4.72 Å². The molecule has 0 aromatic heterocycles. The third kappa shape index (κ3) is 4.73. The van der Waals surface area contributed by atoms with E-state index in [1.165, 1.54) is 6.08 Å². The first kappa shape index (κ1) is 11.9. The van der Waals surface area contributed by atoms with Crippen molar-refractivity contribution in [2.24, 2.45) is 0 Å². The molecule has 0 saturated carbocycles. The molecule has 15 heavy (non-hydrogen) atoms. The Morgan fingerprint density at radius 1 is 1.27 bits per heavy atom.